The second kappa shape index (κ2) is 13.3. The van der Waals surface area contributed by atoms with Gasteiger partial charge in [0.2, 0.25) is 0 Å². The minimum absolute atomic E-state index is 0.613. The van der Waals surface area contributed by atoms with Crippen LogP contribution in [-0.4, -0.2) is 15.0 Å². The predicted molar refractivity (Wildman–Crippen MR) is 219 cm³/mol. The third-order valence-electron chi connectivity index (χ3n) is 9.92. The van der Waals surface area contributed by atoms with Gasteiger partial charge in [0.1, 0.15) is 11.5 Å². The first-order valence-corrected chi connectivity index (χ1v) is 18.0. The number of rotatable bonds is 7. The summed E-state index contributed by atoms with van der Waals surface area (Å²) in [5.74, 6) is 3.52. The van der Waals surface area contributed by atoms with Crippen LogP contribution in [0.3, 0.4) is 0 Å². The summed E-state index contributed by atoms with van der Waals surface area (Å²) in [7, 11) is 0. The first-order chi connectivity index (χ1) is 26.8. The third kappa shape index (κ3) is 5.56. The summed E-state index contributed by atoms with van der Waals surface area (Å²) < 4.78 is 6.70. The molecule has 8 aromatic carbocycles. The SMILES string of the molecule is c1ccc(-c2nc(-c3ccccc3)nc(-c3ccc4c5c(cccc35)-c3c(cccc3-c3ccc(N(c5ccccc5)c5ccccc5)cc3)O4)n2)cc1. The largest absolute Gasteiger partial charge is 0.456 e. The molecule has 0 spiro atoms. The van der Waals surface area contributed by atoms with E-state index < -0.39 is 0 Å². The molecule has 10 rings (SSSR count). The van der Waals surface area contributed by atoms with Gasteiger partial charge in [-0.2, -0.15) is 0 Å². The Morgan fingerprint density at radius 3 is 1.46 bits per heavy atom. The molecule has 0 bridgehead atoms. The van der Waals surface area contributed by atoms with Crippen molar-refractivity contribution in [2.24, 2.45) is 0 Å². The van der Waals surface area contributed by atoms with E-state index in [1.54, 1.807) is 0 Å². The van der Waals surface area contributed by atoms with E-state index in [9.17, 15) is 0 Å². The van der Waals surface area contributed by atoms with E-state index in [2.05, 4.69) is 120 Å². The van der Waals surface area contributed by atoms with Crippen molar-refractivity contribution in [1.29, 1.82) is 0 Å². The fourth-order valence-corrected chi connectivity index (χ4v) is 7.44. The van der Waals surface area contributed by atoms with Crippen molar-refractivity contribution < 1.29 is 4.74 Å². The first kappa shape index (κ1) is 31.4. The number of ether oxygens (including phenoxy) is 1. The molecule has 54 heavy (non-hydrogen) atoms. The van der Waals surface area contributed by atoms with Gasteiger partial charge < -0.3 is 9.64 Å². The molecule has 0 radical (unpaired) electrons. The van der Waals surface area contributed by atoms with Crippen molar-refractivity contribution in [1.82, 2.24) is 15.0 Å². The van der Waals surface area contributed by atoms with E-state index in [1.807, 2.05) is 78.9 Å². The second-order valence-electron chi connectivity index (χ2n) is 13.2. The monoisotopic (exact) mass is 692 g/mol. The van der Waals surface area contributed by atoms with E-state index in [-0.39, 0.29) is 0 Å². The highest BCUT2D eigenvalue weighted by Gasteiger charge is 2.26. The van der Waals surface area contributed by atoms with Gasteiger partial charge in [0.25, 0.3) is 0 Å². The molecule has 0 saturated carbocycles. The molecular weight excluding hydrogens is 661 g/mol. The van der Waals surface area contributed by atoms with Gasteiger partial charge in [-0.25, -0.2) is 15.0 Å². The molecule has 0 amide bonds. The minimum Gasteiger partial charge on any atom is -0.456 e. The highest BCUT2D eigenvalue weighted by atomic mass is 16.5. The number of fused-ring (bicyclic) bond motifs is 2. The van der Waals surface area contributed by atoms with E-state index in [1.165, 1.54) is 0 Å². The van der Waals surface area contributed by atoms with Crippen molar-refractivity contribution in [3.63, 3.8) is 0 Å². The van der Waals surface area contributed by atoms with Gasteiger partial charge in [0.05, 0.1) is 0 Å². The maximum Gasteiger partial charge on any atom is 0.164 e. The zero-order valence-corrected chi connectivity index (χ0v) is 29.2. The molecule has 0 N–H and O–H groups in total. The van der Waals surface area contributed by atoms with Crippen molar-refractivity contribution in [3.05, 3.63) is 194 Å². The normalized spacial score (nSPS) is 11.5. The van der Waals surface area contributed by atoms with Crippen LogP contribution < -0.4 is 9.64 Å². The molecule has 254 valence electrons. The lowest BCUT2D eigenvalue weighted by Gasteiger charge is -2.26. The van der Waals surface area contributed by atoms with E-state index in [0.717, 1.165) is 78.3 Å². The third-order valence-corrected chi connectivity index (χ3v) is 9.92. The Labute approximate surface area is 313 Å². The van der Waals surface area contributed by atoms with Gasteiger partial charge in [-0.3, -0.25) is 0 Å². The van der Waals surface area contributed by atoms with Gasteiger partial charge in [-0.15, -0.1) is 0 Å². The lowest BCUT2D eigenvalue weighted by atomic mass is 9.87. The van der Waals surface area contributed by atoms with Gasteiger partial charge in [0.15, 0.2) is 17.5 Å². The lowest BCUT2D eigenvalue weighted by Crippen LogP contribution is -2.09. The van der Waals surface area contributed by atoms with Crippen molar-refractivity contribution in [2.75, 3.05) is 4.90 Å². The number of benzene rings is 8. The fourth-order valence-electron chi connectivity index (χ4n) is 7.44. The van der Waals surface area contributed by atoms with Crippen LogP contribution in [0.15, 0.2) is 194 Å². The quantitative estimate of drug-likeness (QED) is 0.166. The van der Waals surface area contributed by atoms with Gasteiger partial charge in [0, 0.05) is 44.7 Å². The van der Waals surface area contributed by atoms with Crippen LogP contribution in [0.1, 0.15) is 0 Å². The average molecular weight is 693 g/mol. The highest BCUT2D eigenvalue weighted by Crippen LogP contribution is 2.51. The average Bonchev–Trinajstić information content (AvgIpc) is 3.25. The zero-order chi connectivity index (χ0) is 35.8. The summed E-state index contributed by atoms with van der Waals surface area (Å²) in [4.78, 5) is 17.3. The van der Waals surface area contributed by atoms with E-state index >= 15 is 0 Å². The topological polar surface area (TPSA) is 51.1 Å². The van der Waals surface area contributed by atoms with Crippen LogP contribution in [0.25, 0.3) is 67.2 Å². The van der Waals surface area contributed by atoms with Crippen LogP contribution in [0.4, 0.5) is 17.1 Å². The predicted octanol–water partition coefficient (Wildman–Crippen LogP) is 12.9. The molecule has 0 saturated heterocycles. The fraction of sp³-hybridized carbons (Fsp3) is 0. The molecule has 0 atom stereocenters. The Kier molecular flexibility index (Phi) is 7.73. The molecule has 5 heteroatoms. The van der Waals surface area contributed by atoms with Crippen LogP contribution in [-0.2, 0) is 0 Å². The van der Waals surface area contributed by atoms with Crippen LogP contribution in [0.2, 0.25) is 0 Å². The number of aromatic nitrogens is 3. The number of anilines is 3. The molecule has 1 aromatic heterocycles. The van der Waals surface area contributed by atoms with Gasteiger partial charge in [-0.1, -0.05) is 140 Å². The molecule has 1 aliphatic heterocycles. The van der Waals surface area contributed by atoms with Gasteiger partial charge >= 0.3 is 0 Å². The molecule has 2 heterocycles. The van der Waals surface area contributed by atoms with Crippen LogP contribution >= 0.6 is 0 Å². The van der Waals surface area contributed by atoms with Crippen LogP contribution in [0.5, 0.6) is 11.5 Å². The number of para-hydroxylation sites is 2. The van der Waals surface area contributed by atoms with E-state index in [4.69, 9.17) is 19.7 Å². The molecular formula is C49H32N4O. The summed E-state index contributed by atoms with van der Waals surface area (Å²) in [6.07, 6.45) is 0. The number of nitrogens with zero attached hydrogens (tertiary/aromatic N) is 4. The Balaban J connectivity index is 1.10. The second-order valence-corrected chi connectivity index (χ2v) is 13.2. The summed E-state index contributed by atoms with van der Waals surface area (Å²) in [5.41, 5.74) is 10.5. The lowest BCUT2D eigenvalue weighted by molar-refractivity contribution is 0.487. The summed E-state index contributed by atoms with van der Waals surface area (Å²) in [6.45, 7) is 0. The summed E-state index contributed by atoms with van der Waals surface area (Å²) in [6, 6.07) is 66.8. The maximum absolute atomic E-state index is 6.70. The van der Waals surface area contributed by atoms with Crippen LogP contribution in [0, 0.1) is 0 Å². The van der Waals surface area contributed by atoms with Crippen molar-refractivity contribution >= 4 is 27.8 Å². The molecule has 5 nitrogen and oxygen atoms in total. The maximum atomic E-state index is 6.70. The van der Waals surface area contributed by atoms with E-state index in [0.29, 0.717) is 17.5 Å². The zero-order valence-electron chi connectivity index (χ0n) is 29.2. The molecule has 9 aromatic rings. The summed E-state index contributed by atoms with van der Waals surface area (Å²) in [5, 5.41) is 2.06. The highest BCUT2D eigenvalue weighted by molar-refractivity contribution is 6.11. The smallest absolute Gasteiger partial charge is 0.164 e. The molecule has 0 fully saturated rings. The number of hydrogen-bond acceptors (Lipinski definition) is 5. The molecule has 1 aliphatic rings. The Hall–Kier alpha value is -7.37. The minimum atomic E-state index is 0.613. The summed E-state index contributed by atoms with van der Waals surface area (Å²) >= 11 is 0. The Morgan fingerprint density at radius 2 is 0.852 bits per heavy atom. The standard InChI is InChI=1S/C49H32N4O/c1-5-15-34(16-6-1)47-50-48(35-17-7-2-8-18-35)52-49(51-47)41-31-32-44-46-40(41)24-13-25-42(46)45-39(23-14-26-43(45)54-44)33-27-29-38(30-28-33)53(36-19-9-3-10-20-36)37-21-11-4-12-22-37/h1-32H. The Morgan fingerprint density at radius 1 is 0.333 bits per heavy atom. The van der Waals surface area contributed by atoms with Crippen molar-refractivity contribution in [2.45, 2.75) is 0 Å². The Bertz CT molecular complexity index is 2680. The van der Waals surface area contributed by atoms with Gasteiger partial charge in [-0.05, 0) is 76.7 Å². The van der Waals surface area contributed by atoms with Crippen molar-refractivity contribution in [3.8, 4) is 67.9 Å². The molecule has 0 aliphatic carbocycles. The number of hydrogen-bond donors (Lipinski definition) is 0. The first-order valence-electron chi connectivity index (χ1n) is 18.0. The molecule has 0 unspecified atom stereocenters.